The molecule has 2 aromatic rings. The van der Waals surface area contributed by atoms with Gasteiger partial charge in [0.15, 0.2) is 0 Å². The molecule has 1 N–H and O–H groups in total. The molecule has 0 aliphatic heterocycles. The maximum absolute atomic E-state index is 13.4. The topological polar surface area (TPSA) is 29.1 Å². The van der Waals surface area contributed by atoms with Gasteiger partial charge in [-0.3, -0.25) is 4.79 Å². The third kappa shape index (κ3) is 2.84. The van der Waals surface area contributed by atoms with Crippen LogP contribution in [0.15, 0.2) is 42.5 Å². The van der Waals surface area contributed by atoms with Crippen molar-refractivity contribution in [2.24, 2.45) is 0 Å². The smallest absolute Gasteiger partial charge is 0.258 e. The number of hydrogen-bond donors (Lipinski definition) is 1. The van der Waals surface area contributed by atoms with Crippen molar-refractivity contribution < 1.29 is 13.6 Å². The predicted molar refractivity (Wildman–Crippen MR) is 73.5 cm³/mol. The number of nitrogens with one attached hydrogen (secondary N) is 1. The third-order valence-corrected chi connectivity index (χ3v) is 3.19. The van der Waals surface area contributed by atoms with Crippen LogP contribution in [0.4, 0.5) is 14.5 Å². The van der Waals surface area contributed by atoms with Gasteiger partial charge in [0, 0.05) is 3.57 Å². The van der Waals surface area contributed by atoms with Crippen molar-refractivity contribution in [2.75, 3.05) is 5.32 Å². The van der Waals surface area contributed by atoms with E-state index >= 15 is 0 Å². The average Bonchev–Trinajstić information content (AvgIpc) is 2.33. The lowest BCUT2D eigenvalue weighted by molar-refractivity contribution is 0.102. The fourth-order valence-corrected chi connectivity index (χ4v) is 2.04. The predicted octanol–water partition coefficient (Wildman–Crippen LogP) is 3.82. The van der Waals surface area contributed by atoms with Crippen LogP contribution < -0.4 is 5.32 Å². The Morgan fingerprint density at radius 3 is 2.50 bits per heavy atom. The van der Waals surface area contributed by atoms with Crippen molar-refractivity contribution in [1.29, 1.82) is 0 Å². The SMILES string of the molecule is O=C(Nc1ccc(F)cc1I)c1ccccc1F. The monoisotopic (exact) mass is 359 g/mol. The minimum absolute atomic E-state index is 0.0439. The number of amides is 1. The minimum Gasteiger partial charge on any atom is -0.321 e. The molecule has 0 saturated carbocycles. The highest BCUT2D eigenvalue weighted by Gasteiger charge is 2.12. The molecule has 0 fully saturated rings. The molecule has 1 amide bonds. The molecule has 92 valence electrons. The second-order valence-corrected chi connectivity index (χ2v) is 4.72. The van der Waals surface area contributed by atoms with Gasteiger partial charge in [-0.15, -0.1) is 0 Å². The zero-order chi connectivity index (χ0) is 13.1. The second-order valence-electron chi connectivity index (χ2n) is 3.56. The van der Waals surface area contributed by atoms with Gasteiger partial charge in [0.1, 0.15) is 11.6 Å². The molecule has 18 heavy (non-hydrogen) atoms. The highest BCUT2D eigenvalue weighted by Crippen LogP contribution is 2.20. The summed E-state index contributed by atoms with van der Waals surface area (Å²) in [6, 6.07) is 9.65. The van der Waals surface area contributed by atoms with Crippen LogP contribution >= 0.6 is 22.6 Å². The molecule has 0 aliphatic carbocycles. The standard InChI is InChI=1S/C13H8F2INO/c14-8-5-6-12(11(16)7-8)17-13(18)9-3-1-2-4-10(9)15/h1-7H,(H,17,18). The van der Waals surface area contributed by atoms with Crippen molar-refractivity contribution in [1.82, 2.24) is 0 Å². The fourth-order valence-electron chi connectivity index (χ4n) is 1.43. The Morgan fingerprint density at radius 1 is 1.11 bits per heavy atom. The molecule has 0 heterocycles. The van der Waals surface area contributed by atoms with Gasteiger partial charge in [0.2, 0.25) is 0 Å². The Balaban J connectivity index is 2.24. The van der Waals surface area contributed by atoms with E-state index < -0.39 is 11.7 Å². The summed E-state index contributed by atoms with van der Waals surface area (Å²) < 4.78 is 26.8. The Morgan fingerprint density at radius 2 is 1.83 bits per heavy atom. The first-order valence-electron chi connectivity index (χ1n) is 5.09. The van der Waals surface area contributed by atoms with Crippen molar-refractivity contribution >= 4 is 34.2 Å². The lowest BCUT2D eigenvalue weighted by Crippen LogP contribution is -2.14. The number of rotatable bonds is 2. The number of carbonyl (C=O) groups is 1. The van der Waals surface area contributed by atoms with Crippen LogP contribution in [-0.4, -0.2) is 5.91 Å². The van der Waals surface area contributed by atoms with Crippen LogP contribution in [0.25, 0.3) is 0 Å². The van der Waals surface area contributed by atoms with Crippen molar-refractivity contribution in [3.63, 3.8) is 0 Å². The molecule has 5 heteroatoms. The molecule has 2 rings (SSSR count). The molecule has 2 aromatic carbocycles. The van der Waals surface area contributed by atoms with Crippen LogP contribution in [0.5, 0.6) is 0 Å². The summed E-state index contributed by atoms with van der Waals surface area (Å²) in [6.07, 6.45) is 0. The Kier molecular flexibility index (Phi) is 3.90. The lowest BCUT2D eigenvalue weighted by Gasteiger charge is -2.08. The van der Waals surface area contributed by atoms with Gasteiger partial charge < -0.3 is 5.32 Å². The maximum atomic E-state index is 13.4. The van der Waals surface area contributed by atoms with E-state index in [-0.39, 0.29) is 11.4 Å². The average molecular weight is 359 g/mol. The summed E-state index contributed by atoms with van der Waals surface area (Å²) in [7, 11) is 0. The van der Waals surface area contributed by atoms with Crippen LogP contribution in [0, 0.1) is 15.2 Å². The van der Waals surface area contributed by atoms with E-state index in [9.17, 15) is 13.6 Å². The normalized spacial score (nSPS) is 10.2. The van der Waals surface area contributed by atoms with Gasteiger partial charge in [-0.1, -0.05) is 12.1 Å². The molecule has 0 aliphatic rings. The Labute approximate surface area is 116 Å². The van der Waals surface area contributed by atoms with Gasteiger partial charge >= 0.3 is 0 Å². The first-order valence-corrected chi connectivity index (χ1v) is 6.17. The molecule has 2 nitrogen and oxygen atoms in total. The zero-order valence-electron chi connectivity index (χ0n) is 9.08. The van der Waals surface area contributed by atoms with E-state index in [2.05, 4.69) is 5.32 Å². The van der Waals surface area contributed by atoms with Gasteiger partial charge in [-0.05, 0) is 52.9 Å². The van der Waals surface area contributed by atoms with Crippen LogP contribution in [0.2, 0.25) is 0 Å². The van der Waals surface area contributed by atoms with Crippen molar-refractivity contribution in [3.05, 3.63) is 63.2 Å². The van der Waals surface area contributed by atoms with E-state index in [1.807, 2.05) is 22.6 Å². The van der Waals surface area contributed by atoms with E-state index in [0.29, 0.717) is 9.26 Å². The molecule has 0 bridgehead atoms. The summed E-state index contributed by atoms with van der Waals surface area (Å²) in [5, 5.41) is 2.54. The summed E-state index contributed by atoms with van der Waals surface area (Å²) in [6.45, 7) is 0. The van der Waals surface area contributed by atoms with Gasteiger partial charge in [0.05, 0.1) is 11.3 Å². The molecular weight excluding hydrogens is 351 g/mol. The summed E-state index contributed by atoms with van der Waals surface area (Å²) in [4.78, 5) is 11.8. The molecule has 0 atom stereocenters. The number of benzene rings is 2. The van der Waals surface area contributed by atoms with E-state index in [4.69, 9.17) is 0 Å². The van der Waals surface area contributed by atoms with Crippen LogP contribution in [0.1, 0.15) is 10.4 Å². The minimum atomic E-state index is -0.591. The summed E-state index contributed by atoms with van der Waals surface area (Å²) >= 11 is 1.90. The molecule has 0 saturated heterocycles. The summed E-state index contributed by atoms with van der Waals surface area (Å²) in [5.74, 6) is -1.53. The molecule has 0 spiro atoms. The van der Waals surface area contributed by atoms with Gasteiger partial charge in [0.25, 0.3) is 5.91 Å². The van der Waals surface area contributed by atoms with Crippen LogP contribution in [-0.2, 0) is 0 Å². The van der Waals surface area contributed by atoms with Crippen molar-refractivity contribution in [2.45, 2.75) is 0 Å². The van der Waals surface area contributed by atoms with Gasteiger partial charge in [-0.25, -0.2) is 8.78 Å². The number of halogens is 3. The van der Waals surface area contributed by atoms with Crippen molar-refractivity contribution in [3.8, 4) is 0 Å². The van der Waals surface area contributed by atoms with E-state index in [0.717, 1.165) is 0 Å². The largest absolute Gasteiger partial charge is 0.321 e. The van der Waals surface area contributed by atoms with E-state index in [1.165, 1.54) is 36.4 Å². The Hall–Kier alpha value is -1.50. The molecule has 0 aromatic heterocycles. The highest BCUT2D eigenvalue weighted by atomic mass is 127. The lowest BCUT2D eigenvalue weighted by atomic mass is 10.2. The van der Waals surface area contributed by atoms with Crippen LogP contribution in [0.3, 0.4) is 0 Å². The maximum Gasteiger partial charge on any atom is 0.258 e. The highest BCUT2D eigenvalue weighted by molar-refractivity contribution is 14.1. The first-order chi connectivity index (χ1) is 8.58. The molecule has 0 radical (unpaired) electrons. The quantitative estimate of drug-likeness (QED) is 0.812. The molecule has 0 unspecified atom stereocenters. The number of hydrogen-bond acceptors (Lipinski definition) is 1. The van der Waals surface area contributed by atoms with E-state index in [1.54, 1.807) is 6.07 Å². The first kappa shape index (κ1) is 12.9. The number of anilines is 1. The summed E-state index contributed by atoms with van der Waals surface area (Å²) in [5.41, 5.74) is 0.405. The second kappa shape index (κ2) is 5.43. The number of carbonyl (C=O) groups excluding carboxylic acids is 1. The molecular formula is C13H8F2INO. The Bertz CT molecular complexity index is 601. The fraction of sp³-hybridized carbons (Fsp3) is 0. The third-order valence-electron chi connectivity index (χ3n) is 2.30. The van der Waals surface area contributed by atoms with Gasteiger partial charge in [-0.2, -0.15) is 0 Å². The zero-order valence-corrected chi connectivity index (χ0v) is 11.2.